The molecule has 0 saturated heterocycles. The molecule has 0 atom stereocenters. The number of aromatic nitrogens is 4. The summed E-state index contributed by atoms with van der Waals surface area (Å²) in [5, 5.41) is 13.6. The fourth-order valence-electron chi connectivity index (χ4n) is 2.42. The Morgan fingerprint density at radius 1 is 1.15 bits per heavy atom. The molecule has 27 heavy (non-hydrogen) atoms. The number of hydrogen-bond donors (Lipinski definition) is 2. The van der Waals surface area contributed by atoms with E-state index in [1.165, 1.54) is 17.5 Å². The first-order valence-electron chi connectivity index (χ1n) is 8.07. The van der Waals surface area contributed by atoms with Crippen molar-refractivity contribution in [2.75, 3.05) is 11.9 Å². The summed E-state index contributed by atoms with van der Waals surface area (Å²) in [4.78, 5) is 34.0. The van der Waals surface area contributed by atoms with Gasteiger partial charge >= 0.3 is 11.8 Å². The molecule has 0 aliphatic heterocycles. The molecule has 4 heterocycles. The number of carbonyl (C=O) groups excluding carboxylic acids is 2. The molecule has 4 aromatic heterocycles. The van der Waals surface area contributed by atoms with Crippen molar-refractivity contribution in [1.82, 2.24) is 24.9 Å². The lowest BCUT2D eigenvalue weighted by molar-refractivity contribution is -0.136. The van der Waals surface area contributed by atoms with Gasteiger partial charge in [-0.3, -0.25) is 14.6 Å². The molecule has 2 N–H and O–H groups in total. The zero-order chi connectivity index (χ0) is 18.6. The third-order valence-corrected chi connectivity index (χ3v) is 5.41. The number of anilines is 1. The van der Waals surface area contributed by atoms with Crippen molar-refractivity contribution in [2.24, 2.45) is 0 Å². The van der Waals surface area contributed by atoms with Crippen LogP contribution in [0.1, 0.15) is 5.69 Å². The molecule has 0 aliphatic rings. The van der Waals surface area contributed by atoms with Crippen molar-refractivity contribution in [3.63, 3.8) is 0 Å². The largest absolute Gasteiger partial charge is 0.347 e. The number of hydrogen-bond acceptors (Lipinski definition) is 7. The first-order chi connectivity index (χ1) is 13.2. The number of carbonyl (C=O) groups is 2. The Balaban J connectivity index is 1.35. The van der Waals surface area contributed by atoms with Gasteiger partial charge in [-0.05, 0) is 23.6 Å². The maximum Gasteiger partial charge on any atom is 0.313 e. The van der Waals surface area contributed by atoms with Crippen molar-refractivity contribution in [1.29, 1.82) is 0 Å². The number of nitrogens with one attached hydrogen (secondary N) is 2. The predicted molar refractivity (Wildman–Crippen MR) is 104 cm³/mol. The lowest BCUT2D eigenvalue weighted by Gasteiger charge is -2.05. The Kier molecular flexibility index (Phi) is 4.90. The van der Waals surface area contributed by atoms with Gasteiger partial charge in [0.2, 0.25) is 4.96 Å². The van der Waals surface area contributed by atoms with Gasteiger partial charge in [-0.25, -0.2) is 4.52 Å². The monoisotopic (exact) mass is 398 g/mol. The normalized spacial score (nSPS) is 10.8. The first kappa shape index (κ1) is 17.3. The second-order valence-electron chi connectivity index (χ2n) is 5.54. The Morgan fingerprint density at radius 2 is 2.07 bits per heavy atom. The zero-order valence-corrected chi connectivity index (χ0v) is 15.6. The lowest BCUT2D eigenvalue weighted by atomic mass is 10.3. The van der Waals surface area contributed by atoms with Crippen molar-refractivity contribution in [3.05, 3.63) is 53.1 Å². The number of amides is 2. The van der Waals surface area contributed by atoms with Crippen LogP contribution in [-0.4, -0.2) is 37.9 Å². The summed E-state index contributed by atoms with van der Waals surface area (Å²) in [6, 6.07) is 7.28. The molecule has 2 amide bonds. The summed E-state index contributed by atoms with van der Waals surface area (Å²) in [5.74, 6) is -0.722. The minimum atomic E-state index is -0.723. The average Bonchev–Trinajstić information content (AvgIpc) is 3.40. The fraction of sp³-hybridized carbons (Fsp3) is 0.118. The Morgan fingerprint density at radius 3 is 2.85 bits per heavy atom. The molecule has 136 valence electrons. The smallest absolute Gasteiger partial charge is 0.313 e. The highest BCUT2D eigenvalue weighted by atomic mass is 32.1. The molecule has 0 radical (unpaired) electrons. The van der Waals surface area contributed by atoms with Crippen LogP contribution in [0, 0.1) is 0 Å². The Labute approximate surface area is 161 Å². The maximum absolute atomic E-state index is 11.9. The summed E-state index contributed by atoms with van der Waals surface area (Å²) in [6.45, 7) is 0.319. The summed E-state index contributed by atoms with van der Waals surface area (Å²) in [7, 11) is 0. The van der Waals surface area contributed by atoms with Crippen molar-refractivity contribution in [2.45, 2.75) is 6.42 Å². The van der Waals surface area contributed by atoms with Crippen LogP contribution in [-0.2, 0) is 16.0 Å². The van der Waals surface area contributed by atoms with Crippen LogP contribution >= 0.6 is 22.7 Å². The molecule has 0 aliphatic carbocycles. The standard InChI is InChI=1S/C17H14N6O2S2/c24-15(16(25)20-11-3-1-6-18-9-11)19-7-5-12-10-27-17-21-14(22-23(12)17)13-4-2-8-26-13/h1-4,6,8-10H,5,7H2,(H,19,24)(H,20,25). The SMILES string of the molecule is O=C(NCCc1csc2nc(-c3cccs3)nn12)C(=O)Nc1cccnc1. The van der Waals surface area contributed by atoms with Crippen LogP contribution in [0.5, 0.6) is 0 Å². The summed E-state index contributed by atoms with van der Waals surface area (Å²) >= 11 is 3.08. The van der Waals surface area contributed by atoms with E-state index < -0.39 is 11.8 Å². The number of rotatable bonds is 5. The number of nitrogens with zero attached hydrogens (tertiary/aromatic N) is 4. The second-order valence-corrected chi connectivity index (χ2v) is 7.32. The van der Waals surface area contributed by atoms with Gasteiger partial charge < -0.3 is 10.6 Å². The molecule has 0 saturated carbocycles. The van der Waals surface area contributed by atoms with E-state index >= 15 is 0 Å². The lowest BCUT2D eigenvalue weighted by Crippen LogP contribution is -2.36. The molecule has 4 rings (SSSR count). The van der Waals surface area contributed by atoms with E-state index in [2.05, 4.69) is 25.7 Å². The summed E-state index contributed by atoms with van der Waals surface area (Å²) in [6.07, 6.45) is 3.60. The molecular weight excluding hydrogens is 384 g/mol. The topological polar surface area (TPSA) is 101 Å². The van der Waals surface area contributed by atoms with Gasteiger partial charge in [-0.15, -0.1) is 27.8 Å². The van der Waals surface area contributed by atoms with Crippen LogP contribution in [0.25, 0.3) is 15.7 Å². The molecule has 0 spiro atoms. The quantitative estimate of drug-likeness (QED) is 0.502. The van der Waals surface area contributed by atoms with Gasteiger partial charge in [0.1, 0.15) is 0 Å². The van der Waals surface area contributed by atoms with Crippen LogP contribution in [0.4, 0.5) is 5.69 Å². The van der Waals surface area contributed by atoms with Crippen LogP contribution in [0.15, 0.2) is 47.4 Å². The van der Waals surface area contributed by atoms with E-state index in [-0.39, 0.29) is 0 Å². The van der Waals surface area contributed by atoms with Crippen LogP contribution in [0.3, 0.4) is 0 Å². The van der Waals surface area contributed by atoms with Gasteiger partial charge in [-0.2, -0.15) is 4.98 Å². The van der Waals surface area contributed by atoms with Gasteiger partial charge in [0.15, 0.2) is 5.82 Å². The highest BCUT2D eigenvalue weighted by Crippen LogP contribution is 2.24. The van der Waals surface area contributed by atoms with Gasteiger partial charge in [0, 0.05) is 24.5 Å². The minimum Gasteiger partial charge on any atom is -0.347 e. The van der Waals surface area contributed by atoms with Crippen LogP contribution in [0.2, 0.25) is 0 Å². The third-order valence-electron chi connectivity index (χ3n) is 3.68. The number of thiazole rings is 1. The van der Waals surface area contributed by atoms with E-state index in [9.17, 15) is 9.59 Å². The van der Waals surface area contributed by atoms with E-state index in [1.807, 2.05) is 22.9 Å². The molecular formula is C17H14N6O2S2. The van der Waals surface area contributed by atoms with E-state index in [0.717, 1.165) is 15.5 Å². The molecule has 0 unspecified atom stereocenters. The molecule has 10 heteroatoms. The van der Waals surface area contributed by atoms with E-state index in [4.69, 9.17) is 0 Å². The van der Waals surface area contributed by atoms with Crippen LogP contribution < -0.4 is 10.6 Å². The van der Waals surface area contributed by atoms with Gasteiger partial charge in [0.25, 0.3) is 0 Å². The van der Waals surface area contributed by atoms with Crippen molar-refractivity contribution >= 4 is 45.1 Å². The molecule has 8 nitrogen and oxygen atoms in total. The van der Waals surface area contributed by atoms with Crippen molar-refractivity contribution in [3.8, 4) is 10.7 Å². The number of pyridine rings is 1. The minimum absolute atomic E-state index is 0.319. The number of thiophene rings is 1. The highest BCUT2D eigenvalue weighted by Gasteiger charge is 2.15. The van der Waals surface area contributed by atoms with E-state index in [0.29, 0.717) is 24.5 Å². The first-order valence-corrected chi connectivity index (χ1v) is 9.83. The highest BCUT2D eigenvalue weighted by molar-refractivity contribution is 7.15. The predicted octanol–water partition coefficient (Wildman–Crippen LogP) is 2.21. The molecule has 0 bridgehead atoms. The fourth-order valence-corrected chi connectivity index (χ4v) is 3.92. The maximum atomic E-state index is 11.9. The Bertz CT molecular complexity index is 1070. The van der Waals surface area contributed by atoms with Crippen molar-refractivity contribution < 1.29 is 9.59 Å². The van der Waals surface area contributed by atoms with E-state index in [1.54, 1.807) is 34.2 Å². The third kappa shape index (κ3) is 3.86. The van der Waals surface area contributed by atoms with Gasteiger partial charge in [0.05, 0.1) is 22.5 Å². The molecule has 0 aromatic carbocycles. The number of fused-ring (bicyclic) bond motifs is 1. The van der Waals surface area contributed by atoms with Gasteiger partial charge in [-0.1, -0.05) is 6.07 Å². The second kappa shape index (κ2) is 7.64. The Hall–Kier alpha value is -3.11. The average molecular weight is 398 g/mol. The molecule has 0 fully saturated rings. The zero-order valence-electron chi connectivity index (χ0n) is 14.0. The molecule has 4 aromatic rings. The summed E-state index contributed by atoms with van der Waals surface area (Å²) in [5.41, 5.74) is 1.40. The summed E-state index contributed by atoms with van der Waals surface area (Å²) < 4.78 is 1.78.